The number of carbonyl (C=O) groups is 1. The summed E-state index contributed by atoms with van der Waals surface area (Å²) in [4.78, 5) is 13.5. The minimum absolute atomic E-state index is 0. The van der Waals surface area contributed by atoms with Crippen LogP contribution in [0.4, 0.5) is 0 Å². The number of nitrogens with one attached hydrogen (secondary N) is 1. The summed E-state index contributed by atoms with van der Waals surface area (Å²) in [5.41, 5.74) is 0. The molecule has 1 atom stereocenters. The van der Waals surface area contributed by atoms with Gasteiger partial charge in [0.2, 0.25) is 5.91 Å². The second kappa shape index (κ2) is 9.68. The van der Waals surface area contributed by atoms with Gasteiger partial charge in [0.15, 0.2) is 0 Å². The van der Waals surface area contributed by atoms with Crippen LogP contribution in [0.5, 0.6) is 0 Å². The van der Waals surface area contributed by atoms with E-state index in [1.54, 1.807) is 4.90 Å². The van der Waals surface area contributed by atoms with Gasteiger partial charge in [-0.2, -0.15) is 0 Å². The lowest BCUT2D eigenvalue weighted by molar-refractivity contribution is -0.130. The third kappa shape index (κ3) is 6.86. The Labute approximate surface area is 110 Å². The number of amides is 1. The highest BCUT2D eigenvalue weighted by Crippen LogP contribution is 2.17. The van der Waals surface area contributed by atoms with Gasteiger partial charge in [0, 0.05) is 33.2 Å². The van der Waals surface area contributed by atoms with Crippen molar-refractivity contribution in [2.24, 2.45) is 0 Å². The molecule has 0 aromatic carbocycles. The van der Waals surface area contributed by atoms with E-state index in [1.807, 2.05) is 14.1 Å². The fourth-order valence-electron chi connectivity index (χ4n) is 1.91. The summed E-state index contributed by atoms with van der Waals surface area (Å²) < 4.78 is 5.61. The van der Waals surface area contributed by atoms with E-state index in [9.17, 15) is 4.79 Å². The molecule has 1 aliphatic heterocycles. The van der Waals surface area contributed by atoms with Gasteiger partial charge in [-0.15, -0.1) is 12.4 Å². The molecule has 0 aromatic heterocycles. The van der Waals surface area contributed by atoms with Crippen LogP contribution in [-0.4, -0.2) is 50.7 Å². The number of halogens is 1. The smallest absolute Gasteiger partial charge is 0.222 e. The van der Waals surface area contributed by atoms with Crippen molar-refractivity contribution in [3.63, 3.8) is 0 Å². The molecule has 102 valence electrons. The topological polar surface area (TPSA) is 41.6 Å². The van der Waals surface area contributed by atoms with Gasteiger partial charge in [-0.3, -0.25) is 4.79 Å². The Hall–Kier alpha value is -0.320. The number of ether oxygens (including phenoxy) is 1. The van der Waals surface area contributed by atoms with Crippen molar-refractivity contribution in [1.29, 1.82) is 0 Å². The van der Waals surface area contributed by atoms with E-state index in [1.165, 1.54) is 12.8 Å². The van der Waals surface area contributed by atoms with Gasteiger partial charge in [0.05, 0.1) is 6.10 Å². The van der Waals surface area contributed by atoms with Crippen LogP contribution in [0, 0.1) is 0 Å². The van der Waals surface area contributed by atoms with Crippen LogP contribution >= 0.6 is 12.4 Å². The highest BCUT2D eigenvalue weighted by Gasteiger charge is 2.16. The number of nitrogens with zero attached hydrogens (tertiary/aromatic N) is 1. The van der Waals surface area contributed by atoms with E-state index >= 15 is 0 Å². The molecule has 1 saturated heterocycles. The van der Waals surface area contributed by atoms with Gasteiger partial charge in [0.1, 0.15) is 0 Å². The van der Waals surface area contributed by atoms with E-state index in [-0.39, 0.29) is 18.3 Å². The first-order valence-corrected chi connectivity index (χ1v) is 6.24. The quantitative estimate of drug-likeness (QED) is 0.789. The first-order valence-electron chi connectivity index (χ1n) is 6.24. The van der Waals surface area contributed by atoms with Crippen molar-refractivity contribution in [3.8, 4) is 0 Å². The predicted molar refractivity (Wildman–Crippen MR) is 71.6 cm³/mol. The second-order valence-corrected chi connectivity index (χ2v) is 4.45. The van der Waals surface area contributed by atoms with Gasteiger partial charge in [-0.1, -0.05) is 0 Å². The monoisotopic (exact) mass is 264 g/mol. The first-order chi connectivity index (χ1) is 7.74. The average Bonchev–Trinajstić information content (AvgIpc) is 2.34. The van der Waals surface area contributed by atoms with Crippen LogP contribution in [0.25, 0.3) is 0 Å². The van der Waals surface area contributed by atoms with Crippen LogP contribution in [0.2, 0.25) is 0 Å². The van der Waals surface area contributed by atoms with Crippen LogP contribution in [0.1, 0.15) is 32.1 Å². The zero-order valence-corrected chi connectivity index (χ0v) is 11.7. The van der Waals surface area contributed by atoms with Gasteiger partial charge in [-0.05, 0) is 32.7 Å². The molecule has 0 spiro atoms. The number of rotatable bonds is 6. The molecule has 5 heteroatoms. The lowest BCUT2D eigenvalue weighted by Crippen LogP contribution is -2.33. The molecule has 1 aliphatic rings. The lowest BCUT2D eigenvalue weighted by Gasteiger charge is -2.23. The number of hydrogen-bond donors (Lipinski definition) is 1. The summed E-state index contributed by atoms with van der Waals surface area (Å²) in [5.74, 6) is 0.226. The van der Waals surface area contributed by atoms with E-state index in [0.29, 0.717) is 12.5 Å². The largest absolute Gasteiger partial charge is 0.378 e. The molecule has 1 fully saturated rings. The molecule has 0 aliphatic carbocycles. The Morgan fingerprint density at radius 2 is 2.24 bits per heavy atom. The Balaban J connectivity index is 0.00000256. The molecule has 0 bridgehead atoms. The summed E-state index contributed by atoms with van der Waals surface area (Å²) >= 11 is 0. The summed E-state index contributed by atoms with van der Waals surface area (Å²) in [6.45, 7) is 2.50. The lowest BCUT2D eigenvalue weighted by atomic mass is 10.0. The van der Waals surface area contributed by atoms with Crippen molar-refractivity contribution in [1.82, 2.24) is 10.2 Å². The Kier molecular flexibility index (Phi) is 9.50. The van der Waals surface area contributed by atoms with Gasteiger partial charge in [0.25, 0.3) is 0 Å². The minimum atomic E-state index is 0. The molecular weight excluding hydrogens is 240 g/mol. The second-order valence-electron chi connectivity index (χ2n) is 4.45. The fourth-order valence-corrected chi connectivity index (χ4v) is 1.91. The van der Waals surface area contributed by atoms with E-state index in [2.05, 4.69) is 5.32 Å². The molecule has 1 unspecified atom stereocenters. The maximum atomic E-state index is 11.7. The molecule has 17 heavy (non-hydrogen) atoms. The zero-order valence-electron chi connectivity index (χ0n) is 10.9. The summed E-state index contributed by atoms with van der Waals surface area (Å²) in [6, 6.07) is 0. The Morgan fingerprint density at radius 3 is 2.82 bits per heavy atom. The summed E-state index contributed by atoms with van der Waals surface area (Å²) in [7, 11) is 3.76. The fraction of sp³-hybridized carbons (Fsp3) is 0.917. The Morgan fingerprint density at radius 1 is 1.47 bits per heavy atom. The molecule has 4 nitrogen and oxygen atoms in total. The molecule has 0 radical (unpaired) electrons. The number of carbonyl (C=O) groups excluding carboxylic acids is 1. The number of likely N-dealkylation sites (N-methyl/N-ethyl adjacent to an activating group) is 2. The average molecular weight is 265 g/mol. The summed E-state index contributed by atoms with van der Waals surface area (Å²) in [6.07, 6.45) is 5.35. The number of hydrogen-bond acceptors (Lipinski definition) is 3. The zero-order chi connectivity index (χ0) is 11.8. The van der Waals surface area contributed by atoms with Crippen molar-refractivity contribution < 1.29 is 9.53 Å². The third-order valence-corrected chi connectivity index (χ3v) is 3.08. The molecule has 1 heterocycles. The van der Waals surface area contributed by atoms with Crippen LogP contribution in [0.3, 0.4) is 0 Å². The predicted octanol–water partition coefficient (Wildman–Crippen LogP) is 1.44. The van der Waals surface area contributed by atoms with Crippen LogP contribution in [-0.2, 0) is 9.53 Å². The molecule has 1 N–H and O–H groups in total. The van der Waals surface area contributed by atoms with Gasteiger partial charge in [-0.25, -0.2) is 0 Å². The summed E-state index contributed by atoms with van der Waals surface area (Å²) in [5, 5.41) is 3.04. The minimum Gasteiger partial charge on any atom is -0.378 e. The van der Waals surface area contributed by atoms with Gasteiger partial charge >= 0.3 is 0 Å². The standard InChI is InChI=1S/C12H24N2O2.ClH/c1-13-8-9-14(2)12(15)7-6-11-5-3-4-10-16-11;/h11,13H,3-10H2,1-2H3;1H. The molecule has 0 saturated carbocycles. The SMILES string of the molecule is CNCCN(C)C(=O)CCC1CCCCO1.Cl. The van der Waals surface area contributed by atoms with Crippen LogP contribution < -0.4 is 5.32 Å². The van der Waals surface area contributed by atoms with Crippen LogP contribution in [0.15, 0.2) is 0 Å². The molecule has 1 amide bonds. The Bertz CT molecular complexity index is 209. The molecular formula is C12H25ClN2O2. The van der Waals surface area contributed by atoms with E-state index < -0.39 is 0 Å². The first kappa shape index (κ1) is 16.7. The highest BCUT2D eigenvalue weighted by atomic mass is 35.5. The van der Waals surface area contributed by atoms with Crippen molar-refractivity contribution in [2.75, 3.05) is 33.8 Å². The van der Waals surface area contributed by atoms with Gasteiger partial charge < -0.3 is 15.0 Å². The maximum Gasteiger partial charge on any atom is 0.222 e. The van der Waals surface area contributed by atoms with Crippen molar-refractivity contribution >= 4 is 18.3 Å². The van der Waals surface area contributed by atoms with Crippen molar-refractivity contribution in [3.05, 3.63) is 0 Å². The third-order valence-electron chi connectivity index (χ3n) is 3.08. The highest BCUT2D eigenvalue weighted by molar-refractivity contribution is 5.85. The van der Waals surface area contributed by atoms with E-state index in [0.717, 1.165) is 32.5 Å². The molecule has 0 aromatic rings. The van der Waals surface area contributed by atoms with Crippen molar-refractivity contribution in [2.45, 2.75) is 38.2 Å². The van der Waals surface area contributed by atoms with E-state index in [4.69, 9.17) is 4.74 Å². The molecule has 1 rings (SSSR count). The maximum absolute atomic E-state index is 11.7. The normalized spacial score (nSPS) is 19.5.